The highest BCUT2D eigenvalue weighted by Crippen LogP contribution is 2.52. The molecule has 3 aromatic rings. The molecule has 4 nitrogen and oxygen atoms in total. The van der Waals surface area contributed by atoms with E-state index in [9.17, 15) is 4.79 Å². The monoisotopic (exact) mass is 369 g/mol. The van der Waals surface area contributed by atoms with E-state index in [4.69, 9.17) is 0 Å². The molecule has 0 bridgehead atoms. The zero-order valence-electron chi connectivity index (χ0n) is 16.1. The SMILES string of the molecule is CC1(C)c2ccccc2N2CCC(=O)N[C@]21C=Cc1ccc2ncccc2c1. The number of rotatable bonds is 2. The zero-order chi connectivity index (χ0) is 19.4. The van der Waals surface area contributed by atoms with Crippen LogP contribution in [0.25, 0.3) is 17.0 Å². The van der Waals surface area contributed by atoms with Crippen molar-refractivity contribution in [3.05, 3.63) is 78.0 Å². The minimum atomic E-state index is -0.573. The van der Waals surface area contributed by atoms with Crippen molar-refractivity contribution >= 4 is 28.6 Å². The number of aromatic nitrogens is 1. The molecule has 1 N–H and O–H groups in total. The summed E-state index contributed by atoms with van der Waals surface area (Å²) >= 11 is 0. The predicted molar refractivity (Wildman–Crippen MR) is 113 cm³/mol. The van der Waals surface area contributed by atoms with Gasteiger partial charge in [-0.2, -0.15) is 0 Å². The molecule has 1 amide bonds. The van der Waals surface area contributed by atoms with Crippen LogP contribution >= 0.6 is 0 Å². The van der Waals surface area contributed by atoms with Crippen LogP contribution in [0.15, 0.2) is 66.9 Å². The van der Waals surface area contributed by atoms with E-state index in [0.717, 1.165) is 23.0 Å². The maximum Gasteiger partial charge on any atom is 0.223 e. The van der Waals surface area contributed by atoms with Gasteiger partial charge in [0.25, 0.3) is 0 Å². The van der Waals surface area contributed by atoms with Crippen LogP contribution in [0.4, 0.5) is 5.69 Å². The van der Waals surface area contributed by atoms with E-state index < -0.39 is 5.66 Å². The number of fused-ring (bicyclic) bond motifs is 4. The van der Waals surface area contributed by atoms with Crippen LogP contribution in [0.3, 0.4) is 0 Å². The molecule has 0 radical (unpaired) electrons. The maximum absolute atomic E-state index is 12.5. The highest BCUT2D eigenvalue weighted by atomic mass is 16.2. The van der Waals surface area contributed by atoms with Crippen LogP contribution in [0, 0.1) is 0 Å². The van der Waals surface area contributed by atoms with Crippen LogP contribution in [-0.4, -0.2) is 23.1 Å². The van der Waals surface area contributed by atoms with Gasteiger partial charge in [-0.25, -0.2) is 0 Å². The van der Waals surface area contributed by atoms with Gasteiger partial charge in [-0.15, -0.1) is 0 Å². The molecule has 1 saturated heterocycles. The number of nitrogens with one attached hydrogen (secondary N) is 1. The first-order valence-electron chi connectivity index (χ1n) is 9.73. The summed E-state index contributed by atoms with van der Waals surface area (Å²) in [5.74, 6) is 0.101. The molecule has 2 aromatic carbocycles. The number of anilines is 1. The molecule has 1 aromatic heterocycles. The molecular weight excluding hydrogens is 346 g/mol. The van der Waals surface area contributed by atoms with Gasteiger partial charge in [0.1, 0.15) is 5.66 Å². The summed E-state index contributed by atoms with van der Waals surface area (Å²) in [6, 6.07) is 18.8. The van der Waals surface area contributed by atoms with Crippen molar-refractivity contribution in [3.8, 4) is 0 Å². The lowest BCUT2D eigenvalue weighted by Crippen LogP contribution is -2.68. The number of para-hydroxylation sites is 1. The van der Waals surface area contributed by atoms with Crippen molar-refractivity contribution in [1.82, 2.24) is 10.3 Å². The Labute approximate surface area is 164 Å². The standard InChI is InChI=1S/C24H23N3O/c1-23(2)19-7-3-4-8-21(19)27-15-12-22(28)26-24(23,27)13-11-17-9-10-20-18(16-17)6-5-14-25-20/h3-11,13-14,16H,12,15H2,1-2H3,(H,26,28)/t24-/m1/s1. The molecule has 4 heteroatoms. The van der Waals surface area contributed by atoms with Crippen LogP contribution < -0.4 is 10.2 Å². The fourth-order valence-corrected chi connectivity index (χ4v) is 4.73. The van der Waals surface area contributed by atoms with E-state index in [1.807, 2.05) is 18.3 Å². The van der Waals surface area contributed by atoms with Crippen molar-refractivity contribution in [2.45, 2.75) is 31.3 Å². The van der Waals surface area contributed by atoms with Crippen molar-refractivity contribution < 1.29 is 4.79 Å². The van der Waals surface area contributed by atoms with Gasteiger partial charge in [-0.3, -0.25) is 9.78 Å². The quantitative estimate of drug-likeness (QED) is 0.734. The number of pyridine rings is 1. The molecule has 3 heterocycles. The minimum Gasteiger partial charge on any atom is -0.344 e. The molecule has 0 spiro atoms. The smallest absolute Gasteiger partial charge is 0.223 e. The van der Waals surface area contributed by atoms with E-state index in [-0.39, 0.29) is 11.3 Å². The molecule has 0 aliphatic carbocycles. The average Bonchev–Trinajstić information content (AvgIpc) is 2.90. The molecule has 5 rings (SSSR count). The fraction of sp³-hybridized carbons (Fsp3) is 0.250. The van der Waals surface area contributed by atoms with Crippen LogP contribution in [0.5, 0.6) is 0 Å². The average molecular weight is 369 g/mol. The van der Waals surface area contributed by atoms with Crippen molar-refractivity contribution in [2.24, 2.45) is 0 Å². The van der Waals surface area contributed by atoms with Crippen LogP contribution in [0.2, 0.25) is 0 Å². The van der Waals surface area contributed by atoms with Gasteiger partial charge >= 0.3 is 0 Å². The molecule has 1 atom stereocenters. The number of amides is 1. The molecule has 0 unspecified atom stereocenters. The normalized spacial score (nSPS) is 22.9. The second-order valence-electron chi connectivity index (χ2n) is 8.15. The van der Waals surface area contributed by atoms with Crippen LogP contribution in [-0.2, 0) is 10.2 Å². The molecule has 2 aliphatic heterocycles. The molecule has 2 aliphatic rings. The van der Waals surface area contributed by atoms with Crippen LogP contribution in [0.1, 0.15) is 31.4 Å². The van der Waals surface area contributed by atoms with E-state index in [0.29, 0.717) is 6.42 Å². The Morgan fingerprint density at radius 1 is 1.11 bits per heavy atom. The molecule has 28 heavy (non-hydrogen) atoms. The third kappa shape index (κ3) is 2.30. The molecule has 0 saturated carbocycles. The first-order valence-corrected chi connectivity index (χ1v) is 9.73. The second-order valence-corrected chi connectivity index (χ2v) is 8.15. The highest BCUT2D eigenvalue weighted by molar-refractivity contribution is 5.85. The number of carbonyl (C=O) groups is 1. The maximum atomic E-state index is 12.5. The summed E-state index contributed by atoms with van der Waals surface area (Å²) in [4.78, 5) is 19.2. The van der Waals surface area contributed by atoms with Gasteiger partial charge in [0.15, 0.2) is 0 Å². The first-order chi connectivity index (χ1) is 13.5. The second kappa shape index (κ2) is 5.93. The Morgan fingerprint density at radius 3 is 2.86 bits per heavy atom. The Kier molecular flexibility index (Phi) is 3.60. The number of hydrogen-bond donors (Lipinski definition) is 1. The minimum absolute atomic E-state index is 0.101. The van der Waals surface area contributed by atoms with Gasteiger partial charge in [-0.1, -0.05) is 50.3 Å². The highest BCUT2D eigenvalue weighted by Gasteiger charge is 2.57. The van der Waals surface area contributed by atoms with Gasteiger partial charge in [0, 0.05) is 35.7 Å². The molecule has 1 fully saturated rings. The van der Waals surface area contributed by atoms with Gasteiger partial charge in [0.2, 0.25) is 5.91 Å². The summed E-state index contributed by atoms with van der Waals surface area (Å²) in [7, 11) is 0. The van der Waals surface area contributed by atoms with E-state index in [2.05, 4.69) is 83.7 Å². The van der Waals surface area contributed by atoms with Gasteiger partial charge in [-0.05, 0) is 41.5 Å². The Morgan fingerprint density at radius 2 is 1.96 bits per heavy atom. The summed E-state index contributed by atoms with van der Waals surface area (Å²) in [5.41, 5.74) is 3.73. The topological polar surface area (TPSA) is 45.2 Å². The molecular formula is C24H23N3O. The number of nitrogens with zero attached hydrogens (tertiary/aromatic N) is 2. The van der Waals surface area contributed by atoms with Gasteiger partial charge < -0.3 is 10.2 Å². The number of hydrogen-bond acceptors (Lipinski definition) is 3. The summed E-state index contributed by atoms with van der Waals surface area (Å²) in [6.07, 6.45) is 6.62. The van der Waals surface area contributed by atoms with Crippen molar-refractivity contribution in [3.63, 3.8) is 0 Å². The van der Waals surface area contributed by atoms with E-state index in [1.165, 1.54) is 11.3 Å². The first kappa shape index (κ1) is 17.0. The zero-order valence-corrected chi connectivity index (χ0v) is 16.1. The molecule has 140 valence electrons. The van der Waals surface area contributed by atoms with E-state index in [1.54, 1.807) is 0 Å². The predicted octanol–water partition coefficient (Wildman–Crippen LogP) is 4.26. The van der Waals surface area contributed by atoms with Crippen molar-refractivity contribution in [1.29, 1.82) is 0 Å². The summed E-state index contributed by atoms with van der Waals surface area (Å²) in [5, 5.41) is 4.44. The Balaban J connectivity index is 1.62. The Bertz CT molecular complexity index is 1120. The third-order valence-electron chi connectivity index (χ3n) is 6.28. The fourth-order valence-electron chi connectivity index (χ4n) is 4.73. The van der Waals surface area contributed by atoms with E-state index >= 15 is 0 Å². The third-order valence-corrected chi connectivity index (χ3v) is 6.28. The summed E-state index contributed by atoms with van der Waals surface area (Å²) < 4.78 is 0. The van der Waals surface area contributed by atoms with Gasteiger partial charge in [0.05, 0.1) is 5.52 Å². The lowest BCUT2D eigenvalue weighted by Gasteiger charge is -2.49. The summed E-state index contributed by atoms with van der Waals surface area (Å²) in [6.45, 7) is 5.15. The van der Waals surface area contributed by atoms with Crippen molar-refractivity contribution in [2.75, 3.05) is 11.4 Å². The lowest BCUT2D eigenvalue weighted by molar-refractivity contribution is -0.124. The Hall–Kier alpha value is -3.14. The largest absolute Gasteiger partial charge is 0.344 e. The number of carbonyl (C=O) groups excluding carboxylic acids is 1. The lowest BCUT2D eigenvalue weighted by atomic mass is 9.74. The number of benzene rings is 2.